The fourth-order valence-corrected chi connectivity index (χ4v) is 0.396. The lowest BCUT2D eigenvalue weighted by Gasteiger charge is -1.74. The first-order valence-corrected chi connectivity index (χ1v) is 4.09. The van der Waals surface area contributed by atoms with Crippen LogP contribution in [0.2, 0.25) is 0 Å². The molecule has 0 unspecified atom stereocenters. The van der Waals surface area contributed by atoms with Crippen molar-refractivity contribution in [1.82, 2.24) is 0 Å². The lowest BCUT2D eigenvalue weighted by Crippen LogP contribution is -1.91. The van der Waals surface area contributed by atoms with Crippen molar-refractivity contribution in [2.75, 3.05) is 0 Å². The molecule has 0 amide bonds. The fraction of sp³-hybridized carbons (Fsp3) is 0.0909. The van der Waals surface area contributed by atoms with Crippen LogP contribution in [0.25, 0.3) is 0 Å². The van der Waals surface area contributed by atoms with E-state index in [-0.39, 0.29) is 0 Å². The quantitative estimate of drug-likeness (QED) is 0.549. The van der Waals surface area contributed by atoms with E-state index in [1.807, 2.05) is 31.2 Å². The van der Waals surface area contributed by atoms with Gasteiger partial charge in [0.15, 0.2) is 0 Å². The molecule has 0 spiro atoms. The van der Waals surface area contributed by atoms with Gasteiger partial charge >= 0.3 is 11.9 Å². The lowest BCUT2D eigenvalue weighted by molar-refractivity contribution is -0.134. The standard InChI is InChI=1S/C7H10.C4H4O4/c1-3-5-7-6-4-2;5-3(6)1-2-4(7)8/h3-7H,1H2,2H3;1-2H,(H,5,6)(H,7,8)/b;2-1-. The van der Waals surface area contributed by atoms with Gasteiger partial charge in [-0.2, -0.15) is 0 Å². The maximum atomic E-state index is 9.55. The number of allylic oxidation sites excluding steroid dienone is 5. The summed E-state index contributed by atoms with van der Waals surface area (Å²) in [6, 6.07) is 0. The average Bonchev–Trinajstić information content (AvgIpc) is 2.17. The zero-order valence-electron chi connectivity index (χ0n) is 8.46. The molecule has 0 atom stereocenters. The molecule has 0 heterocycles. The fourth-order valence-electron chi connectivity index (χ4n) is 0.396. The van der Waals surface area contributed by atoms with Crippen molar-refractivity contribution in [3.05, 3.63) is 49.1 Å². The summed E-state index contributed by atoms with van der Waals surface area (Å²) in [7, 11) is 0. The number of hydrogen-bond donors (Lipinski definition) is 2. The van der Waals surface area contributed by atoms with Crippen LogP contribution in [-0.2, 0) is 9.59 Å². The Bertz CT molecular complexity index is 269. The normalized spacial score (nSPS) is 10.2. The van der Waals surface area contributed by atoms with E-state index in [0.717, 1.165) is 0 Å². The van der Waals surface area contributed by atoms with Gasteiger partial charge in [0, 0.05) is 12.2 Å². The van der Waals surface area contributed by atoms with Crippen LogP contribution in [0.4, 0.5) is 0 Å². The second kappa shape index (κ2) is 11.9. The van der Waals surface area contributed by atoms with Crippen LogP contribution in [0.5, 0.6) is 0 Å². The Labute approximate surface area is 88.5 Å². The lowest BCUT2D eigenvalue weighted by atomic mass is 10.4. The molecule has 0 aromatic heterocycles. The summed E-state index contributed by atoms with van der Waals surface area (Å²) < 4.78 is 0. The molecule has 0 aliphatic rings. The summed E-state index contributed by atoms with van der Waals surface area (Å²) in [6.45, 7) is 5.49. The van der Waals surface area contributed by atoms with Gasteiger partial charge in [0.25, 0.3) is 0 Å². The predicted octanol–water partition coefficient (Wildman–Crippen LogP) is 2.02. The van der Waals surface area contributed by atoms with Gasteiger partial charge in [0.05, 0.1) is 0 Å². The summed E-state index contributed by atoms with van der Waals surface area (Å²) >= 11 is 0. The third-order valence-electron chi connectivity index (χ3n) is 0.919. The molecule has 0 saturated carbocycles. The van der Waals surface area contributed by atoms with E-state index in [0.29, 0.717) is 12.2 Å². The maximum absolute atomic E-state index is 9.55. The van der Waals surface area contributed by atoms with Crippen molar-refractivity contribution >= 4 is 11.9 Å². The first-order valence-electron chi connectivity index (χ1n) is 4.09. The van der Waals surface area contributed by atoms with E-state index < -0.39 is 11.9 Å². The Hall–Kier alpha value is -2.10. The molecule has 4 nitrogen and oxygen atoms in total. The topological polar surface area (TPSA) is 74.6 Å². The minimum absolute atomic E-state index is 0.558. The Morgan fingerprint density at radius 3 is 1.73 bits per heavy atom. The van der Waals surface area contributed by atoms with Crippen molar-refractivity contribution in [2.24, 2.45) is 0 Å². The first kappa shape index (κ1) is 15.4. The first-order chi connectivity index (χ1) is 7.04. The summed E-state index contributed by atoms with van der Waals surface area (Å²) in [5.74, 6) is -2.51. The second-order valence-electron chi connectivity index (χ2n) is 2.16. The van der Waals surface area contributed by atoms with Crippen LogP contribution in [-0.4, -0.2) is 22.2 Å². The van der Waals surface area contributed by atoms with Crippen molar-refractivity contribution in [3.63, 3.8) is 0 Å². The highest BCUT2D eigenvalue weighted by Gasteiger charge is 1.88. The minimum Gasteiger partial charge on any atom is -0.478 e. The van der Waals surface area contributed by atoms with Crippen LogP contribution in [0, 0.1) is 0 Å². The molecule has 82 valence electrons. The van der Waals surface area contributed by atoms with Gasteiger partial charge in [-0.3, -0.25) is 0 Å². The van der Waals surface area contributed by atoms with Crippen molar-refractivity contribution in [2.45, 2.75) is 6.92 Å². The highest BCUT2D eigenvalue weighted by Crippen LogP contribution is 1.74. The molecule has 2 N–H and O–H groups in total. The zero-order valence-corrected chi connectivity index (χ0v) is 8.46. The van der Waals surface area contributed by atoms with E-state index in [2.05, 4.69) is 6.58 Å². The molecular formula is C11H14O4. The number of carboxylic acids is 2. The van der Waals surface area contributed by atoms with Crippen molar-refractivity contribution in [1.29, 1.82) is 0 Å². The molecule has 15 heavy (non-hydrogen) atoms. The maximum Gasteiger partial charge on any atom is 0.328 e. The predicted molar refractivity (Wildman–Crippen MR) is 58.6 cm³/mol. The highest BCUT2D eigenvalue weighted by molar-refractivity contribution is 5.89. The molecular weight excluding hydrogens is 196 g/mol. The van der Waals surface area contributed by atoms with Gasteiger partial charge in [0.2, 0.25) is 0 Å². The van der Waals surface area contributed by atoms with E-state index in [9.17, 15) is 9.59 Å². The Morgan fingerprint density at radius 2 is 1.47 bits per heavy atom. The summed E-state index contributed by atoms with van der Waals surface area (Å²) in [6.07, 6.45) is 10.6. The molecule has 0 fully saturated rings. The van der Waals surface area contributed by atoms with Gasteiger partial charge < -0.3 is 10.2 Å². The zero-order chi connectivity index (χ0) is 12.1. The van der Waals surface area contributed by atoms with Crippen molar-refractivity contribution in [3.8, 4) is 0 Å². The van der Waals surface area contributed by atoms with E-state index >= 15 is 0 Å². The molecule has 0 bridgehead atoms. The molecule has 0 saturated heterocycles. The van der Waals surface area contributed by atoms with Gasteiger partial charge in [-0.25, -0.2) is 9.59 Å². The Kier molecular flexibility index (Phi) is 12.2. The molecule has 0 radical (unpaired) electrons. The van der Waals surface area contributed by atoms with Gasteiger partial charge in [-0.1, -0.05) is 37.0 Å². The van der Waals surface area contributed by atoms with Crippen LogP contribution in [0.15, 0.2) is 49.1 Å². The van der Waals surface area contributed by atoms with E-state index in [1.165, 1.54) is 0 Å². The molecule has 0 aliphatic carbocycles. The Morgan fingerprint density at radius 1 is 1.00 bits per heavy atom. The molecule has 0 aromatic rings. The SMILES string of the molecule is C=CC=CC=CC.O=C(O)/C=C\C(=O)O. The van der Waals surface area contributed by atoms with Crippen molar-refractivity contribution < 1.29 is 19.8 Å². The smallest absolute Gasteiger partial charge is 0.328 e. The van der Waals surface area contributed by atoms with Gasteiger partial charge in [-0.15, -0.1) is 0 Å². The number of rotatable bonds is 4. The molecule has 0 rings (SSSR count). The summed E-state index contributed by atoms with van der Waals surface area (Å²) in [4.78, 5) is 19.1. The van der Waals surface area contributed by atoms with E-state index in [4.69, 9.17) is 10.2 Å². The van der Waals surface area contributed by atoms with Gasteiger partial charge in [0.1, 0.15) is 0 Å². The second-order valence-corrected chi connectivity index (χ2v) is 2.16. The van der Waals surface area contributed by atoms with Crippen LogP contribution >= 0.6 is 0 Å². The van der Waals surface area contributed by atoms with E-state index in [1.54, 1.807) is 6.08 Å². The number of carbonyl (C=O) groups is 2. The number of carboxylic acid groups (broad SMARTS) is 2. The van der Waals surface area contributed by atoms with Crippen LogP contribution in [0.3, 0.4) is 0 Å². The molecule has 4 heteroatoms. The Balaban J connectivity index is 0. The average molecular weight is 210 g/mol. The number of hydrogen-bond acceptors (Lipinski definition) is 2. The molecule has 0 aromatic carbocycles. The van der Waals surface area contributed by atoms with Crippen LogP contribution < -0.4 is 0 Å². The highest BCUT2D eigenvalue weighted by atomic mass is 16.4. The third kappa shape index (κ3) is 24.5. The summed E-state index contributed by atoms with van der Waals surface area (Å²) in [5, 5.41) is 15.6. The summed E-state index contributed by atoms with van der Waals surface area (Å²) in [5.41, 5.74) is 0. The van der Waals surface area contributed by atoms with Gasteiger partial charge in [-0.05, 0) is 6.92 Å². The molecule has 0 aliphatic heterocycles. The largest absolute Gasteiger partial charge is 0.478 e. The minimum atomic E-state index is -1.26. The monoisotopic (exact) mass is 210 g/mol. The van der Waals surface area contributed by atoms with Crippen LogP contribution in [0.1, 0.15) is 6.92 Å². The number of aliphatic carboxylic acids is 2. The third-order valence-corrected chi connectivity index (χ3v) is 0.919.